The van der Waals surface area contributed by atoms with E-state index in [1.54, 1.807) is 6.92 Å². The summed E-state index contributed by atoms with van der Waals surface area (Å²) in [6, 6.07) is 0. The molecule has 2 N–H and O–H groups in total. The lowest BCUT2D eigenvalue weighted by Gasteiger charge is -2.54. The summed E-state index contributed by atoms with van der Waals surface area (Å²) in [4.78, 5) is 13.7. The maximum Gasteiger partial charge on any atom is 0.310 e. The van der Waals surface area contributed by atoms with Gasteiger partial charge in [-0.25, -0.2) is 0 Å². The SMILES string of the molecule is CN1CCC(C2(C(=O)O)CC(C)(O)C2)CC1. The molecule has 0 amide bonds. The maximum atomic E-state index is 11.4. The summed E-state index contributed by atoms with van der Waals surface area (Å²) in [7, 11) is 2.07. The third-order valence-electron chi connectivity index (χ3n) is 4.32. The second-order valence-corrected chi connectivity index (χ2v) is 5.89. The van der Waals surface area contributed by atoms with Crippen LogP contribution in [0.1, 0.15) is 32.6 Å². The van der Waals surface area contributed by atoms with Gasteiger partial charge in [0.25, 0.3) is 0 Å². The smallest absolute Gasteiger partial charge is 0.310 e. The van der Waals surface area contributed by atoms with Gasteiger partial charge in [0.2, 0.25) is 0 Å². The Morgan fingerprint density at radius 2 is 1.81 bits per heavy atom. The Morgan fingerprint density at radius 1 is 1.31 bits per heavy atom. The Labute approximate surface area is 96.3 Å². The summed E-state index contributed by atoms with van der Waals surface area (Å²) in [5.74, 6) is -0.477. The van der Waals surface area contributed by atoms with Crippen LogP contribution in [0.3, 0.4) is 0 Å². The van der Waals surface area contributed by atoms with E-state index in [1.165, 1.54) is 0 Å². The first-order valence-electron chi connectivity index (χ1n) is 6.00. The highest BCUT2D eigenvalue weighted by atomic mass is 16.4. The molecule has 16 heavy (non-hydrogen) atoms. The summed E-state index contributed by atoms with van der Waals surface area (Å²) >= 11 is 0. The van der Waals surface area contributed by atoms with E-state index in [-0.39, 0.29) is 5.92 Å². The number of nitrogens with zero attached hydrogens (tertiary/aromatic N) is 1. The molecule has 2 rings (SSSR count). The van der Waals surface area contributed by atoms with Gasteiger partial charge >= 0.3 is 5.97 Å². The Morgan fingerprint density at radius 3 is 2.19 bits per heavy atom. The molecule has 0 spiro atoms. The van der Waals surface area contributed by atoms with Crippen LogP contribution in [0.15, 0.2) is 0 Å². The molecule has 0 radical (unpaired) electrons. The maximum absolute atomic E-state index is 11.4. The normalized spacial score (nSPS) is 41.7. The average molecular weight is 227 g/mol. The predicted molar refractivity (Wildman–Crippen MR) is 60.1 cm³/mol. The standard InChI is InChI=1S/C12H21NO3/c1-11(16)7-12(8-11,10(14)15)9-3-5-13(2)6-4-9/h9,16H,3-8H2,1-2H3,(H,14,15). The van der Waals surface area contributed by atoms with Gasteiger partial charge in [0.1, 0.15) is 0 Å². The van der Waals surface area contributed by atoms with Crippen LogP contribution in [0.25, 0.3) is 0 Å². The van der Waals surface area contributed by atoms with Crippen molar-refractivity contribution in [3.63, 3.8) is 0 Å². The van der Waals surface area contributed by atoms with Crippen molar-refractivity contribution in [1.82, 2.24) is 4.90 Å². The molecule has 1 saturated heterocycles. The molecule has 92 valence electrons. The monoisotopic (exact) mass is 227 g/mol. The van der Waals surface area contributed by atoms with Gasteiger partial charge in [0, 0.05) is 0 Å². The molecule has 0 atom stereocenters. The number of likely N-dealkylation sites (tertiary alicyclic amines) is 1. The van der Waals surface area contributed by atoms with E-state index >= 15 is 0 Å². The number of aliphatic carboxylic acids is 1. The molecule has 4 nitrogen and oxygen atoms in total. The molecule has 1 saturated carbocycles. The number of hydrogen-bond acceptors (Lipinski definition) is 3. The van der Waals surface area contributed by atoms with Crippen LogP contribution in [-0.2, 0) is 4.79 Å². The minimum atomic E-state index is -0.762. The van der Waals surface area contributed by atoms with E-state index in [1.807, 2.05) is 0 Å². The highest BCUT2D eigenvalue weighted by Crippen LogP contribution is 2.55. The number of carbonyl (C=O) groups is 1. The molecule has 4 heteroatoms. The Balaban J connectivity index is 2.07. The van der Waals surface area contributed by atoms with Crippen molar-refractivity contribution in [2.24, 2.45) is 11.3 Å². The zero-order valence-corrected chi connectivity index (χ0v) is 10.1. The van der Waals surface area contributed by atoms with Crippen LogP contribution < -0.4 is 0 Å². The van der Waals surface area contributed by atoms with Crippen LogP contribution in [0.4, 0.5) is 0 Å². The summed E-state index contributed by atoms with van der Waals surface area (Å²) in [5.41, 5.74) is -1.41. The quantitative estimate of drug-likeness (QED) is 0.737. The van der Waals surface area contributed by atoms with Gasteiger partial charge in [0.15, 0.2) is 0 Å². The highest BCUT2D eigenvalue weighted by molar-refractivity contribution is 5.77. The second-order valence-electron chi connectivity index (χ2n) is 5.89. The van der Waals surface area contributed by atoms with Crippen molar-refractivity contribution >= 4 is 5.97 Å². The van der Waals surface area contributed by atoms with Crippen molar-refractivity contribution in [3.8, 4) is 0 Å². The highest BCUT2D eigenvalue weighted by Gasteiger charge is 2.60. The number of piperidine rings is 1. The zero-order chi connectivity index (χ0) is 12.0. The third kappa shape index (κ3) is 1.84. The summed E-state index contributed by atoms with van der Waals surface area (Å²) in [5, 5.41) is 19.2. The van der Waals surface area contributed by atoms with E-state index in [0.29, 0.717) is 12.8 Å². The van der Waals surface area contributed by atoms with Crippen LogP contribution in [-0.4, -0.2) is 46.8 Å². The molecule has 1 heterocycles. The molecule has 0 unspecified atom stereocenters. The number of carboxylic acids is 1. The molecule has 0 bridgehead atoms. The Bertz CT molecular complexity index is 285. The van der Waals surface area contributed by atoms with Gasteiger partial charge in [0.05, 0.1) is 11.0 Å². The lowest BCUT2D eigenvalue weighted by atomic mass is 9.52. The van der Waals surface area contributed by atoms with Gasteiger partial charge in [-0.2, -0.15) is 0 Å². The first kappa shape index (κ1) is 11.9. The number of aliphatic hydroxyl groups is 1. The fourth-order valence-electron chi connectivity index (χ4n) is 3.48. The molecule has 1 aliphatic carbocycles. The van der Waals surface area contributed by atoms with Gasteiger partial charge in [-0.3, -0.25) is 4.79 Å². The first-order valence-corrected chi connectivity index (χ1v) is 6.00. The number of carboxylic acid groups (broad SMARTS) is 1. The lowest BCUT2D eigenvalue weighted by molar-refractivity contribution is -0.191. The minimum Gasteiger partial charge on any atom is -0.481 e. The summed E-state index contributed by atoms with van der Waals surface area (Å²) < 4.78 is 0. The van der Waals surface area contributed by atoms with Crippen LogP contribution in [0, 0.1) is 11.3 Å². The molecule has 0 aromatic heterocycles. The van der Waals surface area contributed by atoms with Gasteiger partial charge in [-0.15, -0.1) is 0 Å². The van der Waals surface area contributed by atoms with Crippen molar-refractivity contribution in [3.05, 3.63) is 0 Å². The van der Waals surface area contributed by atoms with Crippen LogP contribution in [0.2, 0.25) is 0 Å². The van der Waals surface area contributed by atoms with Crippen molar-refractivity contribution in [1.29, 1.82) is 0 Å². The number of hydrogen-bond donors (Lipinski definition) is 2. The van der Waals surface area contributed by atoms with Crippen LogP contribution >= 0.6 is 0 Å². The van der Waals surface area contributed by atoms with Gasteiger partial charge in [-0.05, 0) is 58.7 Å². The topological polar surface area (TPSA) is 60.8 Å². The second kappa shape index (κ2) is 3.70. The fraction of sp³-hybridized carbons (Fsp3) is 0.917. The molecule has 1 aliphatic heterocycles. The van der Waals surface area contributed by atoms with Crippen molar-refractivity contribution in [2.75, 3.05) is 20.1 Å². The Hall–Kier alpha value is -0.610. The summed E-state index contributed by atoms with van der Waals surface area (Å²) in [6.07, 6.45) is 2.73. The molecule has 0 aromatic carbocycles. The molecule has 2 fully saturated rings. The summed E-state index contributed by atoms with van der Waals surface area (Å²) in [6.45, 7) is 3.69. The predicted octanol–water partition coefficient (Wildman–Crippen LogP) is 0.944. The van der Waals surface area contributed by atoms with Crippen molar-refractivity contribution in [2.45, 2.75) is 38.2 Å². The molecular weight excluding hydrogens is 206 g/mol. The minimum absolute atomic E-state index is 0.237. The molecule has 2 aliphatic rings. The van der Waals surface area contributed by atoms with E-state index in [9.17, 15) is 15.0 Å². The number of rotatable bonds is 2. The lowest BCUT2D eigenvalue weighted by Crippen LogP contribution is -2.59. The average Bonchev–Trinajstić information content (AvgIpc) is 2.14. The Kier molecular flexibility index (Phi) is 2.75. The largest absolute Gasteiger partial charge is 0.481 e. The van der Waals surface area contributed by atoms with E-state index in [2.05, 4.69) is 11.9 Å². The third-order valence-corrected chi connectivity index (χ3v) is 4.32. The van der Waals surface area contributed by atoms with E-state index in [0.717, 1.165) is 25.9 Å². The fourth-order valence-corrected chi connectivity index (χ4v) is 3.48. The van der Waals surface area contributed by atoms with E-state index < -0.39 is 17.0 Å². The molecule has 0 aromatic rings. The molecular formula is C12H21NO3. The van der Waals surface area contributed by atoms with Gasteiger partial charge < -0.3 is 15.1 Å². The van der Waals surface area contributed by atoms with Crippen LogP contribution in [0.5, 0.6) is 0 Å². The van der Waals surface area contributed by atoms with E-state index in [4.69, 9.17) is 0 Å². The zero-order valence-electron chi connectivity index (χ0n) is 10.1. The first-order chi connectivity index (χ1) is 7.36. The van der Waals surface area contributed by atoms with Crippen molar-refractivity contribution < 1.29 is 15.0 Å². The van der Waals surface area contributed by atoms with Gasteiger partial charge in [-0.1, -0.05) is 0 Å².